The van der Waals surface area contributed by atoms with Gasteiger partial charge in [0.1, 0.15) is 6.10 Å². The van der Waals surface area contributed by atoms with E-state index in [1.54, 1.807) is 18.0 Å². The number of halogens is 1. The van der Waals surface area contributed by atoms with Gasteiger partial charge in [-0.1, -0.05) is 19.1 Å². The minimum absolute atomic E-state index is 0.653. The number of nitrogens with zero attached hydrogens (tertiary/aromatic N) is 2. The van der Waals surface area contributed by atoms with Crippen LogP contribution in [0.25, 0.3) is 0 Å². The van der Waals surface area contributed by atoms with Crippen molar-refractivity contribution in [3.05, 3.63) is 46.2 Å². The van der Waals surface area contributed by atoms with Gasteiger partial charge in [-0.15, -0.1) is 11.8 Å². The molecule has 1 aromatic carbocycles. The second-order valence-electron chi connectivity index (χ2n) is 4.28. The molecule has 1 unspecified atom stereocenters. The maximum atomic E-state index is 10.5. The molecule has 0 aliphatic heterocycles. The molecule has 0 saturated carbocycles. The predicted molar refractivity (Wildman–Crippen MR) is 82.5 cm³/mol. The molecule has 1 aromatic heterocycles. The topological polar surface area (TPSA) is 38.0 Å². The lowest BCUT2D eigenvalue weighted by Crippen LogP contribution is -2.10. The molecule has 2 rings (SSSR count). The van der Waals surface area contributed by atoms with Gasteiger partial charge < -0.3 is 5.11 Å². The molecule has 2 aromatic rings. The van der Waals surface area contributed by atoms with Crippen LogP contribution in [0, 0.1) is 0 Å². The Bertz CT molecular complexity index is 539. The maximum Gasteiger partial charge on any atom is 0.122 e. The zero-order chi connectivity index (χ0) is 13.8. The third kappa shape index (κ3) is 3.22. The number of aliphatic hydroxyl groups is 1. The number of aromatic nitrogens is 2. The highest BCUT2D eigenvalue weighted by Crippen LogP contribution is 2.29. The number of thioether (sulfide) groups is 1. The van der Waals surface area contributed by atoms with E-state index in [2.05, 4.69) is 28.0 Å². The minimum atomic E-state index is -0.653. The van der Waals surface area contributed by atoms with Crippen molar-refractivity contribution in [2.24, 2.45) is 0 Å². The van der Waals surface area contributed by atoms with Crippen LogP contribution in [0.1, 0.15) is 30.7 Å². The maximum absolute atomic E-state index is 10.5. The Balaban J connectivity index is 2.31. The van der Waals surface area contributed by atoms with Crippen LogP contribution < -0.4 is 0 Å². The molecule has 5 heteroatoms. The summed E-state index contributed by atoms with van der Waals surface area (Å²) in [4.78, 5) is 1.19. The fraction of sp³-hybridized carbons (Fsp3) is 0.357. The summed E-state index contributed by atoms with van der Waals surface area (Å²) >= 11 is 5.16. The second kappa shape index (κ2) is 6.59. The summed E-state index contributed by atoms with van der Waals surface area (Å²) in [6.45, 7) is 2.90. The molecular weight excluding hydrogens is 324 g/mol. The quantitative estimate of drug-likeness (QED) is 0.840. The van der Waals surface area contributed by atoms with Crippen molar-refractivity contribution >= 4 is 27.7 Å². The Morgan fingerprint density at radius 3 is 2.63 bits per heavy atom. The van der Waals surface area contributed by atoms with E-state index in [0.717, 1.165) is 28.7 Å². The number of aliphatic hydroxyl groups excluding tert-OH is 1. The van der Waals surface area contributed by atoms with Gasteiger partial charge in [-0.2, -0.15) is 5.10 Å². The molecular formula is C14H17BrN2OS. The predicted octanol–water partition coefficient (Wildman–Crippen LogP) is 3.86. The molecule has 19 heavy (non-hydrogen) atoms. The van der Waals surface area contributed by atoms with Crippen molar-refractivity contribution in [3.63, 3.8) is 0 Å². The van der Waals surface area contributed by atoms with Crippen LogP contribution in [0.3, 0.4) is 0 Å². The van der Waals surface area contributed by atoms with E-state index in [-0.39, 0.29) is 0 Å². The van der Waals surface area contributed by atoms with Gasteiger partial charge in [0.25, 0.3) is 0 Å². The Labute approximate surface area is 126 Å². The summed E-state index contributed by atoms with van der Waals surface area (Å²) in [6.07, 6.45) is 4.11. The first-order valence-corrected chi connectivity index (χ1v) is 8.22. The van der Waals surface area contributed by atoms with E-state index in [9.17, 15) is 5.11 Å². The first-order chi connectivity index (χ1) is 9.17. The van der Waals surface area contributed by atoms with Crippen molar-refractivity contribution in [2.75, 3.05) is 6.26 Å². The lowest BCUT2D eigenvalue weighted by Gasteiger charge is -2.14. The molecule has 1 heterocycles. The first-order valence-electron chi connectivity index (χ1n) is 6.20. The highest BCUT2D eigenvalue weighted by atomic mass is 79.9. The van der Waals surface area contributed by atoms with Crippen molar-refractivity contribution in [1.82, 2.24) is 9.78 Å². The molecule has 0 spiro atoms. The van der Waals surface area contributed by atoms with Crippen LogP contribution in [-0.2, 0) is 6.54 Å². The van der Waals surface area contributed by atoms with Crippen LogP contribution in [-0.4, -0.2) is 21.1 Å². The molecule has 0 aliphatic carbocycles. The normalized spacial score (nSPS) is 12.6. The van der Waals surface area contributed by atoms with Gasteiger partial charge in [0.05, 0.1) is 16.4 Å². The first kappa shape index (κ1) is 14.6. The number of benzene rings is 1. The highest BCUT2D eigenvalue weighted by molar-refractivity contribution is 9.10. The third-order valence-corrected chi connectivity index (χ3v) is 4.31. The Morgan fingerprint density at radius 2 is 2.05 bits per heavy atom. The van der Waals surface area contributed by atoms with Gasteiger partial charge in [-0.25, -0.2) is 0 Å². The van der Waals surface area contributed by atoms with E-state index in [4.69, 9.17) is 0 Å². The average molecular weight is 341 g/mol. The highest BCUT2D eigenvalue weighted by Gasteiger charge is 2.19. The van der Waals surface area contributed by atoms with Gasteiger partial charge in [-0.3, -0.25) is 4.68 Å². The fourth-order valence-corrected chi connectivity index (χ4v) is 2.90. The number of rotatable bonds is 5. The van der Waals surface area contributed by atoms with E-state index >= 15 is 0 Å². The summed E-state index contributed by atoms with van der Waals surface area (Å²) in [6, 6.07) is 7.98. The van der Waals surface area contributed by atoms with E-state index in [0.29, 0.717) is 0 Å². The summed E-state index contributed by atoms with van der Waals surface area (Å²) in [5.74, 6) is 0. The summed E-state index contributed by atoms with van der Waals surface area (Å²) < 4.78 is 2.71. The standard InChI is InChI=1S/C14H17BrN2OS/c1-3-8-17-13(12(15)9-16-17)14(18)10-4-6-11(19-2)7-5-10/h4-7,9,14,18H,3,8H2,1-2H3. The van der Waals surface area contributed by atoms with Gasteiger partial charge in [0, 0.05) is 11.4 Å². The Morgan fingerprint density at radius 1 is 1.37 bits per heavy atom. The van der Waals surface area contributed by atoms with Crippen molar-refractivity contribution < 1.29 is 5.11 Å². The monoisotopic (exact) mass is 340 g/mol. The van der Waals surface area contributed by atoms with Gasteiger partial charge in [0.2, 0.25) is 0 Å². The number of hydrogen-bond acceptors (Lipinski definition) is 3. The van der Waals surface area contributed by atoms with Crippen LogP contribution >= 0.6 is 27.7 Å². The van der Waals surface area contributed by atoms with Gasteiger partial charge in [-0.05, 0) is 46.3 Å². The summed E-state index contributed by atoms with van der Waals surface area (Å²) in [7, 11) is 0. The van der Waals surface area contributed by atoms with E-state index in [1.165, 1.54) is 4.90 Å². The zero-order valence-electron chi connectivity index (χ0n) is 11.0. The largest absolute Gasteiger partial charge is 0.382 e. The molecule has 1 atom stereocenters. The van der Waals surface area contributed by atoms with E-state index < -0.39 is 6.10 Å². The second-order valence-corrected chi connectivity index (χ2v) is 6.01. The Hall–Kier alpha value is -0.780. The lowest BCUT2D eigenvalue weighted by atomic mass is 10.1. The molecule has 0 fully saturated rings. The fourth-order valence-electron chi connectivity index (χ4n) is 1.98. The summed E-state index contributed by atoms with van der Waals surface area (Å²) in [5.41, 5.74) is 1.70. The molecule has 0 bridgehead atoms. The average Bonchev–Trinajstić information content (AvgIpc) is 2.80. The zero-order valence-corrected chi connectivity index (χ0v) is 13.4. The van der Waals surface area contributed by atoms with E-state index in [1.807, 2.05) is 35.2 Å². The molecule has 1 N–H and O–H groups in total. The molecule has 0 aliphatic rings. The summed E-state index contributed by atoms with van der Waals surface area (Å²) in [5, 5.41) is 14.8. The molecule has 0 saturated heterocycles. The third-order valence-electron chi connectivity index (χ3n) is 2.96. The Kier molecular flexibility index (Phi) is 5.07. The van der Waals surface area contributed by atoms with Crippen molar-refractivity contribution in [2.45, 2.75) is 30.9 Å². The number of aryl methyl sites for hydroxylation is 1. The molecule has 0 amide bonds. The molecule has 102 valence electrons. The lowest BCUT2D eigenvalue weighted by molar-refractivity contribution is 0.206. The van der Waals surface area contributed by atoms with Crippen LogP contribution in [0.5, 0.6) is 0 Å². The number of hydrogen-bond donors (Lipinski definition) is 1. The van der Waals surface area contributed by atoms with Crippen molar-refractivity contribution in [1.29, 1.82) is 0 Å². The van der Waals surface area contributed by atoms with Gasteiger partial charge in [0.15, 0.2) is 0 Å². The minimum Gasteiger partial charge on any atom is -0.382 e. The van der Waals surface area contributed by atoms with Crippen LogP contribution in [0.4, 0.5) is 0 Å². The smallest absolute Gasteiger partial charge is 0.122 e. The van der Waals surface area contributed by atoms with Gasteiger partial charge >= 0.3 is 0 Å². The SMILES string of the molecule is CCCn1ncc(Br)c1C(O)c1ccc(SC)cc1. The van der Waals surface area contributed by atoms with Crippen LogP contribution in [0.15, 0.2) is 39.8 Å². The van der Waals surface area contributed by atoms with Crippen LogP contribution in [0.2, 0.25) is 0 Å². The van der Waals surface area contributed by atoms with Crippen molar-refractivity contribution in [3.8, 4) is 0 Å². The molecule has 0 radical (unpaired) electrons. The molecule has 3 nitrogen and oxygen atoms in total.